The van der Waals surface area contributed by atoms with E-state index in [0.717, 1.165) is 4.90 Å². The van der Waals surface area contributed by atoms with Crippen molar-refractivity contribution < 1.29 is 20.1 Å². The Kier molecular flexibility index (Phi) is 7.53. The van der Waals surface area contributed by atoms with Crippen molar-refractivity contribution in [1.29, 1.82) is 0 Å². The number of nitrogens with zero attached hydrogens (tertiary/aromatic N) is 1. The SMILES string of the molecule is CC(C)CNC(=CCO)C(=O)N(CO)CO. The van der Waals surface area contributed by atoms with Crippen LogP contribution in [0.3, 0.4) is 0 Å². The van der Waals surface area contributed by atoms with Crippen LogP contribution in [-0.4, -0.2) is 52.7 Å². The summed E-state index contributed by atoms with van der Waals surface area (Å²) in [5.41, 5.74) is 0.180. The van der Waals surface area contributed by atoms with E-state index in [1.54, 1.807) is 0 Å². The Balaban J connectivity index is 4.52. The van der Waals surface area contributed by atoms with E-state index in [0.29, 0.717) is 12.5 Å². The van der Waals surface area contributed by atoms with Crippen LogP contribution in [0.25, 0.3) is 0 Å². The van der Waals surface area contributed by atoms with Gasteiger partial charge in [0.1, 0.15) is 13.5 Å². The van der Waals surface area contributed by atoms with Gasteiger partial charge in [0, 0.05) is 6.54 Å². The molecule has 0 heterocycles. The zero-order valence-electron chi connectivity index (χ0n) is 9.68. The van der Waals surface area contributed by atoms with Crippen molar-refractivity contribution in [2.45, 2.75) is 13.8 Å². The van der Waals surface area contributed by atoms with Gasteiger partial charge in [-0.1, -0.05) is 13.8 Å². The van der Waals surface area contributed by atoms with E-state index < -0.39 is 19.4 Å². The summed E-state index contributed by atoms with van der Waals surface area (Å²) in [6.45, 7) is 3.11. The summed E-state index contributed by atoms with van der Waals surface area (Å²) in [4.78, 5) is 12.5. The van der Waals surface area contributed by atoms with Gasteiger partial charge in [0.05, 0.1) is 12.3 Å². The van der Waals surface area contributed by atoms with Crippen LogP contribution in [0, 0.1) is 5.92 Å². The largest absolute Gasteiger partial charge is 0.392 e. The van der Waals surface area contributed by atoms with Crippen LogP contribution >= 0.6 is 0 Å². The Morgan fingerprint density at radius 2 is 1.88 bits per heavy atom. The van der Waals surface area contributed by atoms with Gasteiger partial charge in [0.15, 0.2) is 0 Å². The molecule has 0 aliphatic heterocycles. The van der Waals surface area contributed by atoms with Gasteiger partial charge in [-0.05, 0) is 12.0 Å². The van der Waals surface area contributed by atoms with Gasteiger partial charge in [-0.3, -0.25) is 9.69 Å². The van der Waals surface area contributed by atoms with E-state index >= 15 is 0 Å². The minimum Gasteiger partial charge on any atom is -0.392 e. The molecular weight excluding hydrogens is 212 g/mol. The normalized spacial score (nSPS) is 11.8. The number of hydrogen-bond donors (Lipinski definition) is 4. The zero-order chi connectivity index (χ0) is 12.6. The summed E-state index contributed by atoms with van der Waals surface area (Å²) in [6, 6.07) is 0. The van der Waals surface area contributed by atoms with Crippen LogP contribution in [0.15, 0.2) is 11.8 Å². The number of rotatable bonds is 7. The van der Waals surface area contributed by atoms with Gasteiger partial charge in [-0.25, -0.2) is 0 Å². The molecule has 0 radical (unpaired) electrons. The predicted octanol–water partition coefficient (Wildman–Crippen LogP) is -1.16. The molecule has 0 unspecified atom stereocenters. The van der Waals surface area contributed by atoms with Crippen molar-refractivity contribution in [1.82, 2.24) is 10.2 Å². The second-order valence-electron chi connectivity index (χ2n) is 3.70. The molecule has 0 aliphatic rings. The minimum absolute atomic E-state index is 0.180. The van der Waals surface area contributed by atoms with Crippen molar-refractivity contribution in [2.75, 3.05) is 26.6 Å². The molecule has 6 heteroatoms. The van der Waals surface area contributed by atoms with Crippen LogP contribution in [0.5, 0.6) is 0 Å². The fraction of sp³-hybridized carbons (Fsp3) is 0.700. The van der Waals surface area contributed by atoms with Gasteiger partial charge in [0.2, 0.25) is 0 Å². The lowest BCUT2D eigenvalue weighted by atomic mass is 10.2. The van der Waals surface area contributed by atoms with Crippen LogP contribution in [0.4, 0.5) is 0 Å². The van der Waals surface area contributed by atoms with E-state index in [1.807, 2.05) is 13.8 Å². The van der Waals surface area contributed by atoms with Gasteiger partial charge in [-0.15, -0.1) is 0 Å². The maximum atomic E-state index is 11.7. The lowest BCUT2D eigenvalue weighted by molar-refractivity contribution is -0.135. The fourth-order valence-corrected chi connectivity index (χ4v) is 0.984. The molecule has 0 rings (SSSR count). The van der Waals surface area contributed by atoms with Gasteiger partial charge in [-0.2, -0.15) is 0 Å². The van der Waals surface area contributed by atoms with Gasteiger partial charge >= 0.3 is 0 Å². The van der Waals surface area contributed by atoms with Crippen molar-refractivity contribution in [3.63, 3.8) is 0 Å². The summed E-state index contributed by atoms with van der Waals surface area (Å²) in [5.74, 6) is -0.203. The first kappa shape index (κ1) is 14.9. The Morgan fingerprint density at radius 1 is 1.31 bits per heavy atom. The molecule has 0 fully saturated rings. The second-order valence-corrected chi connectivity index (χ2v) is 3.70. The summed E-state index contributed by atoms with van der Waals surface area (Å²) in [6.07, 6.45) is 1.31. The highest BCUT2D eigenvalue weighted by Gasteiger charge is 2.16. The molecule has 6 nitrogen and oxygen atoms in total. The minimum atomic E-state index is -0.568. The number of amides is 1. The molecule has 94 valence electrons. The molecule has 0 saturated carbocycles. The number of carbonyl (C=O) groups is 1. The highest BCUT2D eigenvalue weighted by molar-refractivity contribution is 5.92. The van der Waals surface area contributed by atoms with Gasteiger partial charge in [0.25, 0.3) is 5.91 Å². The highest BCUT2D eigenvalue weighted by atomic mass is 16.3. The third-order valence-electron chi connectivity index (χ3n) is 1.86. The van der Waals surface area contributed by atoms with E-state index in [-0.39, 0.29) is 12.3 Å². The molecule has 0 saturated heterocycles. The van der Waals surface area contributed by atoms with Crippen LogP contribution < -0.4 is 5.32 Å². The quantitative estimate of drug-likeness (QED) is 0.328. The zero-order valence-corrected chi connectivity index (χ0v) is 9.68. The average Bonchev–Trinajstić information content (AvgIpc) is 2.25. The van der Waals surface area contributed by atoms with E-state index in [4.69, 9.17) is 15.3 Å². The molecule has 4 N–H and O–H groups in total. The second kappa shape index (κ2) is 8.09. The lowest BCUT2D eigenvalue weighted by Gasteiger charge is -2.20. The average molecular weight is 232 g/mol. The molecular formula is C10H20N2O4. The Morgan fingerprint density at radius 3 is 2.25 bits per heavy atom. The van der Waals surface area contributed by atoms with Crippen molar-refractivity contribution in [3.05, 3.63) is 11.8 Å². The maximum Gasteiger partial charge on any atom is 0.273 e. The van der Waals surface area contributed by atoms with Crippen LogP contribution in [-0.2, 0) is 4.79 Å². The Hall–Kier alpha value is -1.11. The Labute approximate surface area is 95.2 Å². The molecule has 16 heavy (non-hydrogen) atoms. The number of carbonyl (C=O) groups excluding carboxylic acids is 1. The number of hydrogen-bond acceptors (Lipinski definition) is 5. The van der Waals surface area contributed by atoms with Crippen molar-refractivity contribution in [3.8, 4) is 0 Å². The molecule has 0 atom stereocenters. The standard InChI is InChI=1S/C10H20N2O4/c1-8(2)5-11-9(3-4-13)10(16)12(6-14)7-15/h3,8,11,13-15H,4-7H2,1-2H3. The first-order valence-corrected chi connectivity index (χ1v) is 5.12. The van der Waals surface area contributed by atoms with Crippen molar-refractivity contribution >= 4 is 5.91 Å². The smallest absolute Gasteiger partial charge is 0.273 e. The fourth-order valence-electron chi connectivity index (χ4n) is 0.984. The molecule has 0 spiro atoms. The third-order valence-corrected chi connectivity index (χ3v) is 1.86. The Bertz CT molecular complexity index is 237. The van der Waals surface area contributed by atoms with Crippen molar-refractivity contribution in [2.24, 2.45) is 5.92 Å². The molecule has 1 amide bonds. The monoisotopic (exact) mass is 232 g/mol. The van der Waals surface area contributed by atoms with E-state index in [1.165, 1.54) is 6.08 Å². The molecule has 0 aliphatic carbocycles. The molecule has 0 aromatic rings. The van der Waals surface area contributed by atoms with Gasteiger partial charge < -0.3 is 20.6 Å². The summed E-state index contributed by atoms with van der Waals surface area (Å²) in [7, 11) is 0. The molecule has 0 aromatic carbocycles. The maximum absolute atomic E-state index is 11.7. The summed E-state index contributed by atoms with van der Waals surface area (Å²) >= 11 is 0. The van der Waals surface area contributed by atoms with Crippen LogP contribution in [0.2, 0.25) is 0 Å². The lowest BCUT2D eigenvalue weighted by Crippen LogP contribution is -2.38. The predicted molar refractivity (Wildman–Crippen MR) is 59.0 cm³/mol. The molecule has 0 bridgehead atoms. The summed E-state index contributed by atoms with van der Waals surface area (Å²) in [5, 5.41) is 29.3. The molecule has 0 aromatic heterocycles. The number of nitrogens with one attached hydrogen (secondary N) is 1. The van der Waals surface area contributed by atoms with E-state index in [2.05, 4.69) is 5.32 Å². The van der Waals surface area contributed by atoms with Crippen LogP contribution in [0.1, 0.15) is 13.8 Å². The summed E-state index contributed by atoms with van der Waals surface area (Å²) < 4.78 is 0. The van der Waals surface area contributed by atoms with E-state index in [9.17, 15) is 4.79 Å². The highest BCUT2D eigenvalue weighted by Crippen LogP contribution is 1.99. The number of aliphatic hydroxyl groups excluding tert-OH is 3. The first-order chi connectivity index (χ1) is 7.56. The first-order valence-electron chi connectivity index (χ1n) is 5.12. The topological polar surface area (TPSA) is 93.0 Å². The third kappa shape index (κ3) is 5.11. The number of aliphatic hydroxyl groups is 3.